The first-order valence-corrected chi connectivity index (χ1v) is 6.00. The summed E-state index contributed by atoms with van der Waals surface area (Å²) >= 11 is 5.98. The molecule has 0 unspecified atom stereocenters. The Bertz CT molecular complexity index is 399. The second-order valence-corrected chi connectivity index (χ2v) is 4.22. The molecular formula is C12H15ClF3NO2. The molecule has 7 heteroatoms. The molecule has 19 heavy (non-hydrogen) atoms. The van der Waals surface area contributed by atoms with Crippen molar-refractivity contribution in [1.29, 1.82) is 0 Å². The van der Waals surface area contributed by atoms with E-state index in [1.165, 1.54) is 0 Å². The molecule has 0 saturated carbocycles. The summed E-state index contributed by atoms with van der Waals surface area (Å²) in [5, 5.41) is 3.40. The molecule has 0 atom stereocenters. The third-order valence-corrected chi connectivity index (χ3v) is 2.42. The molecule has 0 heterocycles. The van der Waals surface area contributed by atoms with E-state index in [4.69, 9.17) is 16.3 Å². The van der Waals surface area contributed by atoms with Crippen molar-refractivity contribution in [3.8, 4) is 5.75 Å². The summed E-state index contributed by atoms with van der Waals surface area (Å²) in [6, 6.07) is 5.25. The van der Waals surface area contributed by atoms with E-state index < -0.39 is 12.8 Å². The maximum Gasteiger partial charge on any atom is 0.411 e. The maximum absolute atomic E-state index is 11.8. The van der Waals surface area contributed by atoms with Crippen molar-refractivity contribution in [1.82, 2.24) is 5.32 Å². The van der Waals surface area contributed by atoms with Crippen LogP contribution in [0.2, 0.25) is 5.02 Å². The molecule has 0 aliphatic carbocycles. The highest BCUT2D eigenvalue weighted by atomic mass is 35.5. The predicted octanol–water partition coefficient (Wildman–Crippen LogP) is 3.02. The van der Waals surface area contributed by atoms with E-state index >= 15 is 0 Å². The Morgan fingerprint density at radius 1 is 1.26 bits per heavy atom. The van der Waals surface area contributed by atoms with Gasteiger partial charge < -0.3 is 14.8 Å². The Morgan fingerprint density at radius 3 is 2.58 bits per heavy atom. The van der Waals surface area contributed by atoms with Crippen LogP contribution in [0.25, 0.3) is 0 Å². The first kappa shape index (κ1) is 16.1. The minimum Gasteiger partial charge on any atom is -0.490 e. The highest BCUT2D eigenvalue weighted by molar-refractivity contribution is 6.32. The number of hydrogen-bond donors (Lipinski definition) is 1. The van der Waals surface area contributed by atoms with E-state index in [0.717, 1.165) is 5.56 Å². The quantitative estimate of drug-likeness (QED) is 0.785. The van der Waals surface area contributed by atoms with Crippen molar-refractivity contribution >= 4 is 11.6 Å². The molecule has 1 rings (SSSR count). The zero-order valence-corrected chi connectivity index (χ0v) is 11.1. The van der Waals surface area contributed by atoms with Crippen LogP contribution in [0.4, 0.5) is 13.2 Å². The van der Waals surface area contributed by atoms with Crippen LogP contribution in [0.3, 0.4) is 0 Å². The van der Waals surface area contributed by atoms with E-state index in [2.05, 4.69) is 10.1 Å². The van der Waals surface area contributed by atoms with E-state index in [-0.39, 0.29) is 13.2 Å². The fourth-order valence-electron chi connectivity index (χ4n) is 1.37. The molecule has 108 valence electrons. The number of ether oxygens (including phenoxy) is 2. The first-order chi connectivity index (χ1) is 8.92. The van der Waals surface area contributed by atoms with Crippen LogP contribution in [-0.2, 0) is 11.3 Å². The number of rotatable bonds is 7. The van der Waals surface area contributed by atoms with Gasteiger partial charge in [-0.15, -0.1) is 0 Å². The van der Waals surface area contributed by atoms with Gasteiger partial charge in [0.05, 0.1) is 11.6 Å². The van der Waals surface area contributed by atoms with E-state index in [0.29, 0.717) is 17.3 Å². The summed E-state index contributed by atoms with van der Waals surface area (Å²) in [7, 11) is 1.82. The average molecular weight is 298 g/mol. The van der Waals surface area contributed by atoms with Crippen molar-refractivity contribution in [2.45, 2.75) is 12.7 Å². The third-order valence-electron chi connectivity index (χ3n) is 2.13. The van der Waals surface area contributed by atoms with Gasteiger partial charge in [-0.05, 0) is 24.7 Å². The lowest BCUT2D eigenvalue weighted by Crippen LogP contribution is -2.19. The fourth-order valence-corrected chi connectivity index (χ4v) is 1.63. The molecule has 1 N–H and O–H groups in total. The minimum absolute atomic E-state index is 0.0151. The van der Waals surface area contributed by atoms with Crippen molar-refractivity contribution in [3.05, 3.63) is 28.8 Å². The second kappa shape index (κ2) is 7.57. The fraction of sp³-hybridized carbons (Fsp3) is 0.500. The molecule has 0 fully saturated rings. The lowest BCUT2D eigenvalue weighted by molar-refractivity contribution is -0.175. The van der Waals surface area contributed by atoms with Gasteiger partial charge in [0.25, 0.3) is 0 Å². The standard InChI is InChI=1S/C12H15ClF3NO2/c1-17-7-9-2-3-11(10(13)6-9)19-5-4-18-8-12(14,15)16/h2-3,6,17H,4-5,7-8H2,1H3. The maximum atomic E-state index is 11.8. The van der Waals surface area contributed by atoms with Crippen molar-refractivity contribution < 1.29 is 22.6 Å². The topological polar surface area (TPSA) is 30.5 Å². The Hall–Kier alpha value is -0.980. The van der Waals surface area contributed by atoms with Crippen LogP contribution in [0.15, 0.2) is 18.2 Å². The smallest absolute Gasteiger partial charge is 0.411 e. The van der Waals surface area contributed by atoms with Gasteiger partial charge in [0.15, 0.2) is 0 Å². The Labute approximate surface area is 114 Å². The zero-order valence-electron chi connectivity index (χ0n) is 10.4. The summed E-state index contributed by atoms with van der Waals surface area (Å²) in [5.41, 5.74) is 0.994. The first-order valence-electron chi connectivity index (χ1n) is 5.62. The van der Waals surface area contributed by atoms with Gasteiger partial charge in [0.1, 0.15) is 19.0 Å². The van der Waals surface area contributed by atoms with Crippen LogP contribution < -0.4 is 10.1 Å². The molecule has 1 aromatic rings. The summed E-state index contributed by atoms with van der Waals surface area (Å²) in [6.07, 6.45) is -4.31. The van der Waals surface area contributed by atoms with Crippen molar-refractivity contribution in [3.63, 3.8) is 0 Å². The molecule has 0 aliphatic heterocycles. The van der Waals surface area contributed by atoms with Gasteiger partial charge in [-0.25, -0.2) is 0 Å². The van der Waals surface area contributed by atoms with Crippen LogP contribution >= 0.6 is 11.6 Å². The van der Waals surface area contributed by atoms with E-state index in [9.17, 15) is 13.2 Å². The summed E-state index contributed by atoms with van der Waals surface area (Å²) in [6.45, 7) is -0.727. The molecule has 0 saturated heterocycles. The Balaban J connectivity index is 2.33. The SMILES string of the molecule is CNCc1ccc(OCCOCC(F)(F)F)c(Cl)c1. The molecule has 0 aliphatic rings. The number of alkyl halides is 3. The second-order valence-electron chi connectivity index (χ2n) is 3.81. The molecule has 0 bridgehead atoms. The van der Waals surface area contributed by atoms with Crippen molar-refractivity contribution in [2.24, 2.45) is 0 Å². The molecule has 0 radical (unpaired) electrons. The van der Waals surface area contributed by atoms with Gasteiger partial charge in [-0.1, -0.05) is 17.7 Å². The Kier molecular flexibility index (Phi) is 6.41. The normalized spacial score (nSPS) is 11.6. The lowest BCUT2D eigenvalue weighted by Gasteiger charge is -2.11. The number of nitrogens with one attached hydrogen (secondary N) is 1. The van der Waals surface area contributed by atoms with E-state index in [1.54, 1.807) is 12.1 Å². The highest BCUT2D eigenvalue weighted by Crippen LogP contribution is 2.25. The minimum atomic E-state index is -4.31. The van der Waals surface area contributed by atoms with Gasteiger partial charge in [-0.2, -0.15) is 13.2 Å². The lowest BCUT2D eigenvalue weighted by atomic mass is 10.2. The van der Waals surface area contributed by atoms with Gasteiger partial charge in [0.2, 0.25) is 0 Å². The third kappa shape index (κ3) is 6.66. The molecule has 0 spiro atoms. The molecule has 3 nitrogen and oxygen atoms in total. The summed E-state index contributed by atoms with van der Waals surface area (Å²) in [4.78, 5) is 0. The van der Waals surface area contributed by atoms with Crippen LogP contribution in [0, 0.1) is 0 Å². The Morgan fingerprint density at radius 2 is 2.00 bits per heavy atom. The highest BCUT2D eigenvalue weighted by Gasteiger charge is 2.27. The largest absolute Gasteiger partial charge is 0.490 e. The molecule has 0 aromatic heterocycles. The van der Waals surface area contributed by atoms with Crippen LogP contribution in [0.1, 0.15) is 5.56 Å². The van der Waals surface area contributed by atoms with Crippen molar-refractivity contribution in [2.75, 3.05) is 26.9 Å². The van der Waals surface area contributed by atoms with Gasteiger partial charge in [0, 0.05) is 6.54 Å². The van der Waals surface area contributed by atoms with Crippen LogP contribution in [0.5, 0.6) is 5.75 Å². The van der Waals surface area contributed by atoms with E-state index in [1.807, 2.05) is 13.1 Å². The number of hydrogen-bond acceptors (Lipinski definition) is 3. The molecule has 0 amide bonds. The van der Waals surface area contributed by atoms with Gasteiger partial charge >= 0.3 is 6.18 Å². The average Bonchev–Trinajstić information content (AvgIpc) is 2.30. The van der Waals surface area contributed by atoms with Crippen LogP contribution in [-0.4, -0.2) is 33.0 Å². The monoisotopic (exact) mass is 297 g/mol. The number of halogens is 4. The molecular weight excluding hydrogens is 283 g/mol. The summed E-state index contributed by atoms with van der Waals surface area (Å²) in [5.74, 6) is 0.428. The summed E-state index contributed by atoms with van der Waals surface area (Å²) < 4.78 is 45.0. The molecule has 1 aromatic carbocycles. The number of benzene rings is 1. The van der Waals surface area contributed by atoms with Gasteiger partial charge in [-0.3, -0.25) is 0 Å². The predicted molar refractivity (Wildman–Crippen MR) is 66.6 cm³/mol. The zero-order chi connectivity index (χ0) is 14.3.